The van der Waals surface area contributed by atoms with Gasteiger partial charge in [-0.1, -0.05) is 6.07 Å². The molecule has 1 saturated carbocycles. The fraction of sp³-hybridized carbons (Fsp3) is 0.103. The summed E-state index contributed by atoms with van der Waals surface area (Å²) in [6.45, 7) is 0. The van der Waals surface area contributed by atoms with E-state index in [1.165, 1.54) is 24.3 Å². The molecule has 188 valence electrons. The van der Waals surface area contributed by atoms with E-state index in [0.29, 0.717) is 35.7 Å². The monoisotopic (exact) mass is 524 g/mol. The van der Waals surface area contributed by atoms with Crippen molar-refractivity contribution in [2.75, 3.05) is 10.6 Å². The van der Waals surface area contributed by atoms with Crippen LogP contribution in [0, 0.1) is 11.2 Å². The number of halogens is 1. The molecule has 0 radical (unpaired) electrons. The zero-order valence-corrected chi connectivity index (χ0v) is 20.8. The second kappa shape index (κ2) is 9.68. The van der Waals surface area contributed by atoms with Crippen molar-refractivity contribution in [2.24, 2.45) is 5.41 Å². The van der Waals surface area contributed by atoms with Crippen LogP contribution in [0.3, 0.4) is 0 Å². The van der Waals surface area contributed by atoms with E-state index in [1.807, 2.05) is 24.4 Å². The Hall–Kier alpha value is -4.63. The number of anilines is 2. The molecular formula is C29H21FN4O3S. The van der Waals surface area contributed by atoms with Gasteiger partial charge in [0.15, 0.2) is 0 Å². The second-order valence-corrected chi connectivity index (χ2v) is 9.92. The Kier molecular flexibility index (Phi) is 6.05. The van der Waals surface area contributed by atoms with Gasteiger partial charge in [-0.15, -0.1) is 11.3 Å². The fourth-order valence-electron chi connectivity index (χ4n) is 4.17. The van der Waals surface area contributed by atoms with Crippen molar-refractivity contribution >= 4 is 45.4 Å². The van der Waals surface area contributed by atoms with Gasteiger partial charge in [0.05, 0.1) is 15.9 Å². The molecule has 2 amide bonds. The maximum atomic E-state index is 13.1. The summed E-state index contributed by atoms with van der Waals surface area (Å²) in [5.41, 5.74) is 3.52. The second-order valence-electron chi connectivity index (χ2n) is 9.03. The summed E-state index contributed by atoms with van der Waals surface area (Å²) >= 11 is 1.57. The molecule has 0 saturated heterocycles. The number of thiazole rings is 1. The summed E-state index contributed by atoms with van der Waals surface area (Å²) in [6, 6.07) is 20.2. The van der Waals surface area contributed by atoms with Gasteiger partial charge in [-0.05, 0) is 85.1 Å². The maximum Gasteiger partial charge on any atom is 0.240 e. The molecule has 6 rings (SSSR count). The van der Waals surface area contributed by atoms with Crippen molar-refractivity contribution in [3.05, 3.63) is 96.5 Å². The van der Waals surface area contributed by atoms with Crippen molar-refractivity contribution in [1.29, 1.82) is 0 Å². The predicted octanol–water partition coefficient (Wildman–Crippen LogP) is 6.65. The van der Waals surface area contributed by atoms with Gasteiger partial charge in [0.1, 0.15) is 22.7 Å². The number of carbonyl (C=O) groups is 2. The van der Waals surface area contributed by atoms with E-state index in [4.69, 9.17) is 4.74 Å². The van der Waals surface area contributed by atoms with Crippen molar-refractivity contribution in [1.82, 2.24) is 9.97 Å². The number of hydrogen-bond acceptors (Lipinski definition) is 6. The average Bonchev–Trinajstić information content (AvgIpc) is 3.57. The molecule has 0 spiro atoms. The van der Waals surface area contributed by atoms with E-state index >= 15 is 0 Å². The number of amides is 2. The third-order valence-corrected chi connectivity index (χ3v) is 7.30. The van der Waals surface area contributed by atoms with Crippen molar-refractivity contribution < 1.29 is 18.7 Å². The van der Waals surface area contributed by atoms with E-state index in [2.05, 4.69) is 20.6 Å². The van der Waals surface area contributed by atoms with E-state index in [1.54, 1.807) is 53.4 Å². The van der Waals surface area contributed by atoms with Gasteiger partial charge in [0, 0.05) is 29.2 Å². The third kappa shape index (κ3) is 4.71. The number of pyridine rings is 1. The van der Waals surface area contributed by atoms with Gasteiger partial charge < -0.3 is 15.4 Å². The van der Waals surface area contributed by atoms with Gasteiger partial charge in [0.2, 0.25) is 11.8 Å². The normalized spacial score (nSPS) is 13.6. The van der Waals surface area contributed by atoms with Gasteiger partial charge in [-0.2, -0.15) is 0 Å². The zero-order valence-electron chi connectivity index (χ0n) is 20.0. The topological polar surface area (TPSA) is 93.2 Å². The number of fused-ring (bicyclic) bond motifs is 1. The average molecular weight is 525 g/mol. The summed E-state index contributed by atoms with van der Waals surface area (Å²) in [4.78, 5) is 35.4. The van der Waals surface area contributed by atoms with Crippen LogP contribution in [-0.4, -0.2) is 21.8 Å². The number of ether oxygens (including phenoxy) is 1. The highest BCUT2D eigenvalue weighted by Gasteiger charge is 2.56. The van der Waals surface area contributed by atoms with Crippen LogP contribution in [0.25, 0.3) is 21.3 Å². The standard InChI is InChI=1S/C29H21FN4O3S/c30-19-2-4-20(5-3-19)33-27(35)29(12-13-29)28(36)34-21-6-8-22(9-7-21)37-25-11-14-32-24-15-18(1-10-23(24)25)26-16-31-17-38-26/h1-11,14-17H,12-13H2,(H,33,35)(H,34,36). The Balaban J connectivity index is 1.13. The lowest BCUT2D eigenvalue weighted by Gasteiger charge is -2.16. The lowest BCUT2D eigenvalue weighted by atomic mass is 10.0. The molecule has 0 bridgehead atoms. The molecule has 7 nitrogen and oxygen atoms in total. The SMILES string of the molecule is O=C(Nc1ccc(F)cc1)C1(C(=O)Nc2ccc(Oc3ccnc4cc(-c5cncs5)ccc34)cc2)CC1. The first-order chi connectivity index (χ1) is 18.5. The minimum Gasteiger partial charge on any atom is -0.457 e. The lowest BCUT2D eigenvalue weighted by Crippen LogP contribution is -2.35. The maximum absolute atomic E-state index is 13.1. The smallest absolute Gasteiger partial charge is 0.240 e. The highest BCUT2D eigenvalue weighted by molar-refractivity contribution is 7.13. The first-order valence-electron chi connectivity index (χ1n) is 11.9. The van der Waals surface area contributed by atoms with E-state index in [9.17, 15) is 14.0 Å². The molecule has 2 heterocycles. The van der Waals surface area contributed by atoms with Crippen LogP contribution in [-0.2, 0) is 9.59 Å². The van der Waals surface area contributed by atoms with Gasteiger partial charge in [-0.25, -0.2) is 4.39 Å². The van der Waals surface area contributed by atoms with Crippen molar-refractivity contribution in [2.45, 2.75) is 12.8 Å². The minimum absolute atomic E-state index is 0.373. The quantitative estimate of drug-likeness (QED) is 0.233. The first-order valence-corrected chi connectivity index (χ1v) is 12.8. The molecular weight excluding hydrogens is 503 g/mol. The summed E-state index contributed by atoms with van der Waals surface area (Å²) in [5, 5.41) is 6.41. The molecule has 5 aromatic rings. The Morgan fingerprint density at radius 2 is 1.58 bits per heavy atom. The number of carbonyl (C=O) groups excluding carboxylic acids is 2. The Labute approximate surface area is 221 Å². The van der Waals surface area contributed by atoms with Crippen LogP contribution in [0.4, 0.5) is 15.8 Å². The first kappa shape index (κ1) is 23.7. The van der Waals surface area contributed by atoms with Crippen LogP contribution in [0.2, 0.25) is 0 Å². The molecule has 2 N–H and O–H groups in total. The molecule has 1 fully saturated rings. The Morgan fingerprint density at radius 1 is 0.895 bits per heavy atom. The van der Waals surface area contributed by atoms with Gasteiger partial charge in [0.25, 0.3) is 0 Å². The van der Waals surface area contributed by atoms with Crippen molar-refractivity contribution in [3.63, 3.8) is 0 Å². The number of hydrogen-bond donors (Lipinski definition) is 2. The molecule has 1 aliphatic carbocycles. The number of nitrogens with one attached hydrogen (secondary N) is 2. The number of nitrogens with zero attached hydrogens (tertiary/aromatic N) is 2. The minimum atomic E-state index is -1.13. The van der Waals surface area contributed by atoms with E-state index < -0.39 is 17.1 Å². The number of aromatic nitrogens is 2. The summed E-state index contributed by atoms with van der Waals surface area (Å²) in [5.74, 6) is 0.0917. The summed E-state index contributed by atoms with van der Waals surface area (Å²) in [7, 11) is 0. The zero-order chi connectivity index (χ0) is 26.1. The Morgan fingerprint density at radius 3 is 2.21 bits per heavy atom. The Bertz CT molecular complexity index is 1630. The van der Waals surface area contributed by atoms with Crippen LogP contribution < -0.4 is 15.4 Å². The summed E-state index contributed by atoms with van der Waals surface area (Å²) in [6.07, 6.45) is 4.43. The largest absolute Gasteiger partial charge is 0.457 e. The van der Waals surface area contributed by atoms with E-state index in [0.717, 1.165) is 21.3 Å². The van der Waals surface area contributed by atoms with Crippen LogP contribution in [0.15, 0.2) is 90.7 Å². The van der Waals surface area contributed by atoms with Gasteiger partial charge >= 0.3 is 0 Å². The molecule has 9 heteroatoms. The van der Waals surface area contributed by atoms with Crippen molar-refractivity contribution in [3.8, 4) is 21.9 Å². The lowest BCUT2D eigenvalue weighted by molar-refractivity contribution is -0.131. The molecule has 0 unspecified atom stereocenters. The highest BCUT2D eigenvalue weighted by atomic mass is 32.1. The molecule has 2 aromatic heterocycles. The highest BCUT2D eigenvalue weighted by Crippen LogP contribution is 2.47. The predicted molar refractivity (Wildman–Crippen MR) is 145 cm³/mol. The fourth-order valence-corrected chi connectivity index (χ4v) is 4.79. The third-order valence-electron chi connectivity index (χ3n) is 6.48. The molecule has 0 atom stereocenters. The molecule has 3 aromatic carbocycles. The van der Waals surface area contributed by atoms with Crippen LogP contribution in [0.5, 0.6) is 11.5 Å². The number of benzene rings is 3. The molecule has 38 heavy (non-hydrogen) atoms. The van der Waals surface area contributed by atoms with Crippen LogP contribution >= 0.6 is 11.3 Å². The molecule has 0 aliphatic heterocycles. The summed E-state index contributed by atoms with van der Waals surface area (Å²) < 4.78 is 19.3. The number of rotatable bonds is 7. The van der Waals surface area contributed by atoms with Gasteiger partial charge in [-0.3, -0.25) is 19.6 Å². The molecule has 1 aliphatic rings. The van der Waals surface area contributed by atoms with E-state index in [-0.39, 0.29) is 5.91 Å². The van der Waals surface area contributed by atoms with Crippen LogP contribution in [0.1, 0.15) is 12.8 Å².